The molecule has 32 heavy (non-hydrogen) atoms. The zero-order valence-electron chi connectivity index (χ0n) is 16.8. The van der Waals surface area contributed by atoms with E-state index in [2.05, 4.69) is 5.32 Å². The molecule has 168 valence electrons. The van der Waals surface area contributed by atoms with E-state index in [1.54, 1.807) is 19.1 Å². The minimum Gasteiger partial charge on any atom is -0.322 e. The molecule has 0 aliphatic heterocycles. The molecule has 5 nitrogen and oxygen atoms in total. The molecule has 0 radical (unpaired) electrons. The summed E-state index contributed by atoms with van der Waals surface area (Å²) in [5.74, 6) is -3.38. The first-order valence-electron chi connectivity index (χ1n) is 9.32. The molecule has 0 spiro atoms. The molecule has 0 fully saturated rings. The number of carbonyl (C=O) groups is 1. The van der Waals surface area contributed by atoms with Gasteiger partial charge in [0.05, 0.1) is 17.1 Å². The SMILES string of the molecule is Cc1ccc(S(=O)(=O)N(CC(=O)Nc2cc(F)ccc2F)Cc2c(F)cccc2Cl)cc1. The zero-order chi connectivity index (χ0) is 23.5. The minimum atomic E-state index is -4.28. The van der Waals surface area contributed by atoms with Gasteiger partial charge >= 0.3 is 0 Å². The number of hydrogen-bond donors (Lipinski definition) is 1. The van der Waals surface area contributed by atoms with Gasteiger partial charge in [-0.05, 0) is 43.3 Å². The van der Waals surface area contributed by atoms with E-state index in [1.807, 2.05) is 0 Å². The van der Waals surface area contributed by atoms with Gasteiger partial charge in [0.15, 0.2) is 0 Å². The Morgan fingerprint density at radius 2 is 1.69 bits per heavy atom. The van der Waals surface area contributed by atoms with Gasteiger partial charge in [0.1, 0.15) is 17.5 Å². The average Bonchev–Trinajstić information content (AvgIpc) is 2.73. The van der Waals surface area contributed by atoms with Gasteiger partial charge in [-0.15, -0.1) is 0 Å². The topological polar surface area (TPSA) is 66.5 Å². The van der Waals surface area contributed by atoms with Crippen LogP contribution < -0.4 is 5.32 Å². The molecule has 0 aromatic heterocycles. The van der Waals surface area contributed by atoms with Crippen LogP contribution >= 0.6 is 11.6 Å². The highest BCUT2D eigenvalue weighted by Gasteiger charge is 2.29. The number of halogens is 4. The van der Waals surface area contributed by atoms with Crippen LogP contribution in [0.3, 0.4) is 0 Å². The van der Waals surface area contributed by atoms with Crippen molar-refractivity contribution in [2.75, 3.05) is 11.9 Å². The van der Waals surface area contributed by atoms with Crippen LogP contribution in [0.5, 0.6) is 0 Å². The summed E-state index contributed by atoms with van der Waals surface area (Å²) in [5.41, 5.74) is 0.230. The standard InChI is InChI=1S/C22H18ClF3N2O3S/c1-14-5-8-16(9-6-14)32(30,31)28(12-17-18(23)3-2-4-19(17)25)13-22(29)27-21-11-15(24)7-10-20(21)26/h2-11H,12-13H2,1H3,(H,27,29). The van der Waals surface area contributed by atoms with Crippen LogP contribution in [0.15, 0.2) is 65.6 Å². The van der Waals surface area contributed by atoms with Crippen LogP contribution in [0.25, 0.3) is 0 Å². The highest BCUT2D eigenvalue weighted by Crippen LogP contribution is 2.25. The fourth-order valence-corrected chi connectivity index (χ4v) is 4.48. The van der Waals surface area contributed by atoms with E-state index in [4.69, 9.17) is 11.6 Å². The Morgan fingerprint density at radius 1 is 1.00 bits per heavy atom. The number of aryl methyl sites for hydroxylation is 1. The summed E-state index contributed by atoms with van der Waals surface area (Å²) in [6.45, 7) is 0.422. The van der Waals surface area contributed by atoms with E-state index in [0.29, 0.717) is 4.31 Å². The molecule has 0 bridgehead atoms. The van der Waals surface area contributed by atoms with Gasteiger partial charge in [-0.2, -0.15) is 4.31 Å². The molecular formula is C22H18ClF3N2O3S. The third-order valence-corrected chi connectivity index (χ3v) is 6.74. The first kappa shape index (κ1) is 23.8. The molecule has 0 aliphatic rings. The smallest absolute Gasteiger partial charge is 0.243 e. The quantitative estimate of drug-likeness (QED) is 0.521. The Labute approximate surface area is 188 Å². The van der Waals surface area contributed by atoms with Crippen molar-refractivity contribution in [3.8, 4) is 0 Å². The molecular weight excluding hydrogens is 465 g/mol. The minimum absolute atomic E-state index is 0.0225. The van der Waals surface area contributed by atoms with Gasteiger partial charge in [-0.25, -0.2) is 21.6 Å². The molecule has 0 aliphatic carbocycles. The molecule has 0 unspecified atom stereocenters. The fourth-order valence-electron chi connectivity index (χ4n) is 2.89. The van der Waals surface area contributed by atoms with Crippen LogP contribution in [-0.4, -0.2) is 25.2 Å². The van der Waals surface area contributed by atoms with Crippen molar-refractivity contribution in [1.29, 1.82) is 0 Å². The molecule has 10 heteroatoms. The van der Waals surface area contributed by atoms with Gasteiger partial charge in [-0.1, -0.05) is 35.4 Å². The van der Waals surface area contributed by atoms with E-state index in [1.165, 1.54) is 24.3 Å². The number of anilines is 1. The molecule has 0 saturated carbocycles. The Hall–Kier alpha value is -2.88. The molecule has 0 heterocycles. The van der Waals surface area contributed by atoms with E-state index in [0.717, 1.165) is 29.8 Å². The molecule has 0 saturated heterocycles. The number of carbonyl (C=O) groups excluding carboxylic acids is 1. The molecule has 3 rings (SSSR count). The molecule has 3 aromatic carbocycles. The van der Waals surface area contributed by atoms with Crippen molar-refractivity contribution in [2.24, 2.45) is 0 Å². The number of nitrogens with one attached hydrogen (secondary N) is 1. The first-order chi connectivity index (χ1) is 15.1. The zero-order valence-corrected chi connectivity index (χ0v) is 18.4. The summed E-state index contributed by atoms with van der Waals surface area (Å²) < 4.78 is 68.8. The maximum atomic E-state index is 14.3. The lowest BCUT2D eigenvalue weighted by Gasteiger charge is -2.23. The third kappa shape index (κ3) is 5.48. The second-order valence-electron chi connectivity index (χ2n) is 6.96. The number of sulfonamides is 1. The highest BCUT2D eigenvalue weighted by molar-refractivity contribution is 7.89. The second-order valence-corrected chi connectivity index (χ2v) is 9.30. The van der Waals surface area contributed by atoms with Crippen molar-refractivity contribution < 1.29 is 26.4 Å². The van der Waals surface area contributed by atoms with Gasteiger partial charge < -0.3 is 5.32 Å². The van der Waals surface area contributed by atoms with Crippen molar-refractivity contribution in [2.45, 2.75) is 18.4 Å². The monoisotopic (exact) mass is 482 g/mol. The predicted octanol–water partition coefficient (Wildman–Crippen LogP) is 4.90. The van der Waals surface area contributed by atoms with Crippen LogP contribution in [0.2, 0.25) is 5.02 Å². The lowest BCUT2D eigenvalue weighted by molar-refractivity contribution is -0.116. The molecule has 0 atom stereocenters. The number of hydrogen-bond acceptors (Lipinski definition) is 3. The number of benzene rings is 3. The van der Waals surface area contributed by atoms with Gasteiger partial charge in [0.2, 0.25) is 15.9 Å². The number of amides is 1. The lowest BCUT2D eigenvalue weighted by atomic mass is 10.2. The average molecular weight is 483 g/mol. The summed E-state index contributed by atoms with van der Waals surface area (Å²) in [4.78, 5) is 12.4. The largest absolute Gasteiger partial charge is 0.322 e. The normalized spacial score (nSPS) is 11.6. The van der Waals surface area contributed by atoms with Crippen molar-refractivity contribution in [3.05, 3.63) is 94.3 Å². The molecule has 3 aromatic rings. The van der Waals surface area contributed by atoms with Crippen LogP contribution in [-0.2, 0) is 21.4 Å². The van der Waals surface area contributed by atoms with Crippen molar-refractivity contribution >= 4 is 33.2 Å². The maximum Gasteiger partial charge on any atom is 0.243 e. The van der Waals surface area contributed by atoms with Crippen molar-refractivity contribution in [3.63, 3.8) is 0 Å². The van der Waals surface area contributed by atoms with Gasteiger partial charge in [0.25, 0.3) is 0 Å². The van der Waals surface area contributed by atoms with Crippen LogP contribution in [0.1, 0.15) is 11.1 Å². The number of rotatable bonds is 7. The highest BCUT2D eigenvalue weighted by atomic mass is 35.5. The Balaban J connectivity index is 1.95. The van der Waals surface area contributed by atoms with Gasteiger partial charge in [0, 0.05) is 23.2 Å². The maximum absolute atomic E-state index is 14.3. The Bertz CT molecular complexity index is 1230. The molecule has 1 N–H and O–H groups in total. The second kappa shape index (κ2) is 9.72. The van der Waals surface area contributed by atoms with E-state index in [-0.39, 0.29) is 15.5 Å². The summed E-state index contributed by atoms with van der Waals surface area (Å²) in [7, 11) is -4.28. The van der Waals surface area contributed by atoms with E-state index in [9.17, 15) is 26.4 Å². The van der Waals surface area contributed by atoms with Crippen LogP contribution in [0.4, 0.5) is 18.9 Å². The fraction of sp³-hybridized carbons (Fsp3) is 0.136. The third-order valence-electron chi connectivity index (χ3n) is 4.58. The summed E-state index contributed by atoms with van der Waals surface area (Å²) >= 11 is 6.04. The summed E-state index contributed by atoms with van der Waals surface area (Å²) in [5, 5.41) is 2.12. The predicted molar refractivity (Wildman–Crippen MR) is 115 cm³/mol. The van der Waals surface area contributed by atoms with Crippen molar-refractivity contribution in [1.82, 2.24) is 4.31 Å². The van der Waals surface area contributed by atoms with Gasteiger partial charge in [-0.3, -0.25) is 4.79 Å². The summed E-state index contributed by atoms with van der Waals surface area (Å²) in [6.07, 6.45) is 0. The Morgan fingerprint density at radius 3 is 2.34 bits per heavy atom. The number of nitrogens with zero attached hydrogens (tertiary/aromatic N) is 1. The van der Waals surface area contributed by atoms with Crippen LogP contribution in [0, 0.1) is 24.4 Å². The summed E-state index contributed by atoms with van der Waals surface area (Å²) in [6, 6.07) is 12.2. The van der Waals surface area contributed by atoms with E-state index >= 15 is 0 Å². The van der Waals surface area contributed by atoms with E-state index < -0.39 is 52.2 Å². The molecule has 1 amide bonds. The lowest BCUT2D eigenvalue weighted by Crippen LogP contribution is -2.38. The first-order valence-corrected chi connectivity index (χ1v) is 11.1. The Kier molecular flexibility index (Phi) is 7.22.